The number of carbonyl (C=O) groups is 3. The molecule has 1 spiro atoms. The normalized spacial score (nSPS) is 29.8. The summed E-state index contributed by atoms with van der Waals surface area (Å²) >= 11 is 6.37. The minimum atomic E-state index is -1.24. The van der Waals surface area contributed by atoms with Crippen LogP contribution >= 0.6 is 11.6 Å². The molecule has 3 aliphatic rings. The van der Waals surface area contributed by atoms with E-state index in [1.54, 1.807) is 11.0 Å². The molecule has 0 saturated carbocycles. The first kappa shape index (κ1) is 19.3. The number of amides is 3. The van der Waals surface area contributed by atoms with Crippen LogP contribution in [-0.2, 0) is 26.5 Å². The molecule has 2 aromatic carbocycles. The topological polar surface area (TPSA) is 69.7 Å². The van der Waals surface area contributed by atoms with E-state index in [0.29, 0.717) is 18.0 Å². The predicted octanol–water partition coefficient (Wildman–Crippen LogP) is 2.69. The molecule has 2 aromatic rings. The fourth-order valence-corrected chi connectivity index (χ4v) is 5.59. The lowest BCUT2D eigenvalue weighted by molar-refractivity contribution is -0.141. The van der Waals surface area contributed by atoms with Gasteiger partial charge in [-0.05, 0) is 24.1 Å². The summed E-state index contributed by atoms with van der Waals surface area (Å²) in [5.41, 5.74) is 1.09. The van der Waals surface area contributed by atoms with Crippen molar-refractivity contribution >= 4 is 35.0 Å². The Bertz CT molecular complexity index is 1090. The summed E-state index contributed by atoms with van der Waals surface area (Å²) in [5, 5.41) is 4.03. The van der Waals surface area contributed by atoms with Crippen LogP contribution in [-0.4, -0.2) is 35.7 Å². The van der Waals surface area contributed by atoms with Crippen LogP contribution in [0.4, 0.5) is 5.69 Å². The molecule has 30 heavy (non-hydrogen) atoms. The minimum absolute atomic E-state index is 0.203. The molecule has 0 bridgehead atoms. The zero-order valence-corrected chi connectivity index (χ0v) is 17.5. The number of rotatable bonds is 3. The van der Waals surface area contributed by atoms with Crippen molar-refractivity contribution < 1.29 is 14.4 Å². The second-order valence-corrected chi connectivity index (χ2v) is 8.61. The molecule has 0 aromatic heterocycles. The standard InChI is InChI=1S/C23H22ClN3O3/c1-3-16-18-19(21(29)26(2)20(18)28)23(25-16)14-9-5-7-11-17(14)27(22(23)30)12-13-8-4-6-10-15(13)24/h4-11,16,18-19,25H,3,12H2,1-2H3/t16-,18-,19-,23-/m0/s1. The average molecular weight is 424 g/mol. The molecule has 3 aliphatic heterocycles. The number of anilines is 1. The summed E-state index contributed by atoms with van der Waals surface area (Å²) in [6.45, 7) is 2.27. The number of carbonyl (C=O) groups excluding carboxylic acids is 3. The van der Waals surface area contributed by atoms with E-state index in [1.165, 1.54) is 11.9 Å². The highest BCUT2D eigenvalue weighted by atomic mass is 35.5. The number of likely N-dealkylation sites (tertiary alicyclic amines) is 1. The van der Waals surface area contributed by atoms with Crippen LogP contribution in [0.2, 0.25) is 5.02 Å². The number of hydrogen-bond donors (Lipinski definition) is 1. The van der Waals surface area contributed by atoms with Crippen molar-refractivity contribution in [2.75, 3.05) is 11.9 Å². The number of nitrogens with one attached hydrogen (secondary N) is 1. The van der Waals surface area contributed by atoms with Crippen LogP contribution in [0, 0.1) is 11.8 Å². The van der Waals surface area contributed by atoms with Gasteiger partial charge in [-0.25, -0.2) is 0 Å². The van der Waals surface area contributed by atoms with Gasteiger partial charge in [0.25, 0.3) is 5.91 Å². The van der Waals surface area contributed by atoms with Crippen molar-refractivity contribution in [3.05, 3.63) is 64.7 Å². The van der Waals surface area contributed by atoms with Gasteiger partial charge in [0.15, 0.2) is 0 Å². The summed E-state index contributed by atoms with van der Waals surface area (Å²) in [6.07, 6.45) is 0.649. The Hall–Kier alpha value is -2.70. The van der Waals surface area contributed by atoms with Crippen molar-refractivity contribution in [1.29, 1.82) is 0 Å². The monoisotopic (exact) mass is 423 g/mol. The van der Waals surface area contributed by atoms with Gasteiger partial charge in [-0.15, -0.1) is 0 Å². The molecule has 5 rings (SSSR count). The number of para-hydroxylation sites is 1. The van der Waals surface area contributed by atoms with Crippen molar-refractivity contribution in [2.24, 2.45) is 11.8 Å². The molecule has 0 unspecified atom stereocenters. The Labute approximate surface area is 179 Å². The first-order valence-corrected chi connectivity index (χ1v) is 10.5. The zero-order chi connectivity index (χ0) is 21.2. The van der Waals surface area contributed by atoms with Crippen LogP contribution < -0.4 is 10.2 Å². The van der Waals surface area contributed by atoms with Gasteiger partial charge in [-0.3, -0.25) is 24.6 Å². The van der Waals surface area contributed by atoms with Crippen LogP contribution in [0.5, 0.6) is 0 Å². The SMILES string of the molecule is CC[C@@H]1N[C@]2(C(=O)N(Cc3ccccc3Cl)c3ccccc32)[C@@H]2C(=O)N(C)C(=O)[C@@H]12. The molecule has 2 fully saturated rings. The smallest absolute Gasteiger partial charge is 0.253 e. The molecule has 4 atom stereocenters. The van der Waals surface area contributed by atoms with Crippen LogP contribution in [0.1, 0.15) is 24.5 Å². The summed E-state index contributed by atoms with van der Waals surface area (Å²) in [4.78, 5) is 42.9. The zero-order valence-electron chi connectivity index (χ0n) is 16.8. The van der Waals surface area contributed by atoms with Crippen molar-refractivity contribution in [1.82, 2.24) is 10.2 Å². The van der Waals surface area contributed by atoms with E-state index in [1.807, 2.05) is 49.4 Å². The fourth-order valence-electron chi connectivity index (χ4n) is 5.40. The third-order valence-electron chi connectivity index (χ3n) is 6.81. The molecule has 0 radical (unpaired) electrons. The Kier molecular flexibility index (Phi) is 4.27. The Morgan fingerprint density at radius 3 is 2.47 bits per heavy atom. The number of benzene rings is 2. The lowest BCUT2D eigenvalue weighted by Crippen LogP contribution is -2.54. The first-order valence-electron chi connectivity index (χ1n) is 10.2. The maximum absolute atomic E-state index is 14.0. The number of halogens is 1. The van der Waals surface area contributed by atoms with Crippen molar-refractivity contribution in [3.63, 3.8) is 0 Å². The molecule has 3 amide bonds. The minimum Gasteiger partial charge on any atom is -0.306 e. The molecule has 0 aliphatic carbocycles. The quantitative estimate of drug-likeness (QED) is 0.770. The number of fused-ring (bicyclic) bond motifs is 4. The van der Waals surface area contributed by atoms with Gasteiger partial charge in [0, 0.05) is 29.4 Å². The number of hydrogen-bond acceptors (Lipinski definition) is 4. The Balaban J connectivity index is 1.66. The van der Waals surface area contributed by atoms with E-state index < -0.39 is 17.4 Å². The van der Waals surface area contributed by atoms with Crippen LogP contribution in [0.25, 0.3) is 0 Å². The van der Waals surface area contributed by atoms with Crippen LogP contribution in [0.15, 0.2) is 48.5 Å². The van der Waals surface area contributed by atoms with Crippen molar-refractivity contribution in [3.8, 4) is 0 Å². The number of imide groups is 1. The van der Waals surface area contributed by atoms with E-state index in [0.717, 1.165) is 16.8 Å². The fraction of sp³-hybridized carbons (Fsp3) is 0.348. The molecule has 2 saturated heterocycles. The molecular weight excluding hydrogens is 402 g/mol. The molecular formula is C23H22ClN3O3. The Morgan fingerprint density at radius 2 is 1.73 bits per heavy atom. The molecule has 6 nitrogen and oxygen atoms in total. The Morgan fingerprint density at radius 1 is 1.03 bits per heavy atom. The maximum Gasteiger partial charge on any atom is 0.253 e. The van der Waals surface area contributed by atoms with Gasteiger partial charge in [0.1, 0.15) is 5.54 Å². The molecule has 3 heterocycles. The third kappa shape index (κ3) is 2.32. The van der Waals surface area contributed by atoms with Gasteiger partial charge in [-0.1, -0.05) is 54.9 Å². The van der Waals surface area contributed by atoms with Gasteiger partial charge in [0.05, 0.1) is 18.4 Å². The van der Waals surface area contributed by atoms with Gasteiger partial charge in [-0.2, -0.15) is 0 Å². The summed E-state index contributed by atoms with van der Waals surface area (Å²) in [6, 6.07) is 14.7. The van der Waals surface area contributed by atoms with E-state index >= 15 is 0 Å². The second kappa shape index (κ2) is 6.65. The summed E-state index contributed by atoms with van der Waals surface area (Å²) in [5.74, 6) is -1.99. The highest BCUT2D eigenvalue weighted by molar-refractivity contribution is 6.31. The number of nitrogens with zero attached hydrogens (tertiary/aromatic N) is 2. The van der Waals surface area contributed by atoms with Crippen LogP contribution in [0.3, 0.4) is 0 Å². The highest BCUT2D eigenvalue weighted by Gasteiger charge is 2.70. The van der Waals surface area contributed by atoms with E-state index in [2.05, 4.69) is 5.32 Å². The molecule has 1 N–H and O–H groups in total. The first-order chi connectivity index (χ1) is 14.4. The highest BCUT2D eigenvalue weighted by Crippen LogP contribution is 2.55. The molecule has 7 heteroatoms. The van der Waals surface area contributed by atoms with E-state index in [9.17, 15) is 14.4 Å². The maximum atomic E-state index is 14.0. The summed E-state index contributed by atoms with van der Waals surface area (Å²) in [7, 11) is 1.51. The average Bonchev–Trinajstić information content (AvgIpc) is 3.31. The lowest BCUT2D eigenvalue weighted by Gasteiger charge is -2.30. The third-order valence-corrected chi connectivity index (χ3v) is 7.18. The predicted molar refractivity (Wildman–Crippen MR) is 113 cm³/mol. The lowest BCUT2D eigenvalue weighted by atomic mass is 9.76. The van der Waals surface area contributed by atoms with Gasteiger partial charge < -0.3 is 4.90 Å². The van der Waals surface area contributed by atoms with Crippen molar-refractivity contribution in [2.45, 2.75) is 31.5 Å². The second-order valence-electron chi connectivity index (χ2n) is 8.21. The van der Waals surface area contributed by atoms with E-state index in [4.69, 9.17) is 11.6 Å². The summed E-state index contributed by atoms with van der Waals surface area (Å²) < 4.78 is 0. The largest absolute Gasteiger partial charge is 0.306 e. The van der Waals surface area contributed by atoms with Gasteiger partial charge in [0.2, 0.25) is 11.8 Å². The van der Waals surface area contributed by atoms with Gasteiger partial charge >= 0.3 is 0 Å². The van der Waals surface area contributed by atoms with E-state index in [-0.39, 0.29) is 23.8 Å². The molecule has 154 valence electrons.